The van der Waals surface area contributed by atoms with Gasteiger partial charge in [0.15, 0.2) is 0 Å². The summed E-state index contributed by atoms with van der Waals surface area (Å²) in [6.45, 7) is 13.8. The van der Waals surface area contributed by atoms with E-state index in [0.717, 1.165) is 5.75 Å². The summed E-state index contributed by atoms with van der Waals surface area (Å²) in [4.78, 5) is 0. The van der Waals surface area contributed by atoms with Gasteiger partial charge in [0, 0.05) is 0 Å². The highest BCUT2D eigenvalue weighted by Crippen LogP contribution is 2.25. The molecule has 0 heterocycles. The van der Waals surface area contributed by atoms with Gasteiger partial charge in [-0.25, -0.2) is 0 Å². The van der Waals surface area contributed by atoms with Crippen LogP contribution in [-0.4, -0.2) is 15.2 Å². The summed E-state index contributed by atoms with van der Waals surface area (Å²) < 4.78 is 5.41. The fourth-order valence-electron chi connectivity index (χ4n) is 1.58. The molecule has 0 fully saturated rings. The lowest BCUT2D eigenvalue weighted by molar-refractivity contribution is 0.413. The molecule has 0 spiro atoms. The van der Waals surface area contributed by atoms with Crippen molar-refractivity contribution in [3.8, 4) is 5.75 Å². The Kier molecular flexibility index (Phi) is 3.53. The quantitative estimate of drug-likeness (QED) is 0.714. The summed E-state index contributed by atoms with van der Waals surface area (Å²) in [7, 11) is 0.475. The Morgan fingerprint density at radius 1 is 1.00 bits per heavy atom. The summed E-state index contributed by atoms with van der Waals surface area (Å²) >= 11 is 0. The van der Waals surface area contributed by atoms with Crippen LogP contribution in [0.2, 0.25) is 19.6 Å². The first-order chi connectivity index (χ1) is 7.14. The van der Waals surface area contributed by atoms with E-state index >= 15 is 0 Å². The van der Waals surface area contributed by atoms with Crippen LogP contribution in [0.15, 0.2) is 18.2 Å². The molecule has 2 heteroatoms. The molecule has 0 N–H and O–H groups in total. The van der Waals surface area contributed by atoms with Crippen molar-refractivity contribution in [3.05, 3.63) is 23.8 Å². The minimum Gasteiger partial charge on any atom is -0.497 e. The average molecular weight is 236 g/mol. The Balaban J connectivity index is 3.33. The second kappa shape index (κ2) is 4.25. The summed E-state index contributed by atoms with van der Waals surface area (Å²) in [5, 5.41) is 1.47. The van der Waals surface area contributed by atoms with E-state index < -0.39 is 8.07 Å². The molecule has 1 nitrogen and oxygen atoms in total. The number of hydrogen-bond acceptors (Lipinski definition) is 1. The fraction of sp³-hybridized carbons (Fsp3) is 0.571. The van der Waals surface area contributed by atoms with Crippen molar-refractivity contribution >= 4 is 13.3 Å². The number of benzene rings is 1. The Morgan fingerprint density at radius 3 is 1.94 bits per heavy atom. The maximum absolute atomic E-state index is 5.41. The summed E-state index contributed by atoms with van der Waals surface area (Å²) in [5.74, 6) is 0.991. The van der Waals surface area contributed by atoms with Gasteiger partial charge in [0.2, 0.25) is 0 Å². The van der Waals surface area contributed by atoms with Gasteiger partial charge in [-0.3, -0.25) is 0 Å². The van der Waals surface area contributed by atoms with Crippen LogP contribution in [-0.2, 0) is 5.41 Å². The average Bonchev–Trinajstić information content (AvgIpc) is 2.14. The van der Waals surface area contributed by atoms with Gasteiger partial charge >= 0.3 is 0 Å². The molecule has 0 aliphatic carbocycles. The van der Waals surface area contributed by atoms with E-state index in [1.165, 1.54) is 10.8 Å². The zero-order chi connectivity index (χ0) is 12.6. The standard InChI is InChI=1S/C14H24OSi/c1-14(2,3)11-8-12(15-4)10-13(9-11)16(5,6)7/h8-10H,1-7H3. The molecule has 0 atom stereocenters. The molecule has 0 aliphatic heterocycles. The largest absolute Gasteiger partial charge is 0.497 e. The monoisotopic (exact) mass is 236 g/mol. The van der Waals surface area contributed by atoms with Crippen molar-refractivity contribution in [2.24, 2.45) is 0 Å². The van der Waals surface area contributed by atoms with Crippen molar-refractivity contribution in [1.82, 2.24) is 0 Å². The van der Waals surface area contributed by atoms with Crippen molar-refractivity contribution in [3.63, 3.8) is 0 Å². The van der Waals surface area contributed by atoms with Gasteiger partial charge in [0.05, 0.1) is 15.2 Å². The number of ether oxygens (including phenoxy) is 1. The van der Waals surface area contributed by atoms with E-state index in [9.17, 15) is 0 Å². The van der Waals surface area contributed by atoms with Gasteiger partial charge in [-0.2, -0.15) is 0 Å². The predicted molar refractivity (Wildman–Crippen MR) is 74.7 cm³/mol. The van der Waals surface area contributed by atoms with Crippen LogP contribution >= 0.6 is 0 Å². The highest BCUT2D eigenvalue weighted by molar-refractivity contribution is 6.88. The SMILES string of the molecule is COc1cc(C(C)(C)C)cc([Si](C)(C)C)c1. The van der Waals surface area contributed by atoms with E-state index in [2.05, 4.69) is 58.6 Å². The molecule has 90 valence electrons. The van der Waals surface area contributed by atoms with E-state index in [0.29, 0.717) is 0 Å². The first-order valence-corrected chi connectivity index (χ1v) is 9.34. The number of hydrogen-bond donors (Lipinski definition) is 0. The molecule has 16 heavy (non-hydrogen) atoms. The molecule has 1 aromatic carbocycles. The van der Waals surface area contributed by atoms with Crippen molar-refractivity contribution < 1.29 is 4.74 Å². The van der Waals surface area contributed by atoms with Gasteiger partial charge < -0.3 is 4.74 Å². The lowest BCUT2D eigenvalue weighted by Crippen LogP contribution is -2.38. The van der Waals surface area contributed by atoms with Crippen LogP contribution in [0.25, 0.3) is 0 Å². The lowest BCUT2D eigenvalue weighted by atomic mass is 9.87. The lowest BCUT2D eigenvalue weighted by Gasteiger charge is -2.24. The molecule has 0 unspecified atom stereocenters. The van der Waals surface area contributed by atoms with E-state index in [1.807, 2.05) is 0 Å². The Bertz CT molecular complexity index is 337. The molecule has 0 saturated heterocycles. The summed E-state index contributed by atoms with van der Waals surface area (Å²) in [5.41, 5.74) is 1.55. The Labute approximate surface area is 101 Å². The minimum absolute atomic E-state index is 0.183. The van der Waals surface area contributed by atoms with Gasteiger partial charge in [0.25, 0.3) is 0 Å². The number of rotatable bonds is 2. The maximum Gasteiger partial charge on any atom is 0.119 e. The zero-order valence-corrected chi connectivity index (χ0v) is 12.6. The molecule has 0 aliphatic rings. The molecule has 0 bridgehead atoms. The first-order valence-electron chi connectivity index (χ1n) is 5.84. The van der Waals surface area contributed by atoms with Crippen molar-refractivity contribution in [2.75, 3.05) is 7.11 Å². The third kappa shape index (κ3) is 3.11. The minimum atomic E-state index is -1.27. The zero-order valence-electron chi connectivity index (χ0n) is 11.6. The maximum atomic E-state index is 5.41. The van der Waals surface area contributed by atoms with E-state index in [-0.39, 0.29) is 5.41 Å². The molecule has 1 rings (SSSR count). The molecule has 1 aromatic rings. The smallest absolute Gasteiger partial charge is 0.119 e. The first kappa shape index (κ1) is 13.3. The van der Waals surface area contributed by atoms with Crippen molar-refractivity contribution in [1.29, 1.82) is 0 Å². The number of methoxy groups -OCH3 is 1. The van der Waals surface area contributed by atoms with Crippen LogP contribution in [0, 0.1) is 0 Å². The van der Waals surface area contributed by atoms with E-state index in [1.54, 1.807) is 7.11 Å². The Hall–Kier alpha value is -0.763. The van der Waals surface area contributed by atoms with Gasteiger partial charge in [-0.15, -0.1) is 0 Å². The highest BCUT2D eigenvalue weighted by Gasteiger charge is 2.21. The van der Waals surface area contributed by atoms with Crippen molar-refractivity contribution in [2.45, 2.75) is 45.8 Å². The molecule has 0 amide bonds. The Morgan fingerprint density at radius 2 is 1.56 bits per heavy atom. The van der Waals surface area contributed by atoms with E-state index in [4.69, 9.17) is 4.74 Å². The summed E-state index contributed by atoms with van der Waals surface area (Å²) in [6, 6.07) is 6.71. The van der Waals surface area contributed by atoms with Crippen LogP contribution in [0.3, 0.4) is 0 Å². The topological polar surface area (TPSA) is 9.23 Å². The van der Waals surface area contributed by atoms with Crippen LogP contribution in [0.1, 0.15) is 26.3 Å². The third-order valence-corrected chi connectivity index (χ3v) is 4.90. The molecule has 0 aromatic heterocycles. The predicted octanol–water partition coefficient (Wildman–Crippen LogP) is 3.54. The molecular weight excluding hydrogens is 212 g/mol. The van der Waals surface area contributed by atoms with Crippen LogP contribution in [0.4, 0.5) is 0 Å². The second-order valence-electron chi connectivity index (χ2n) is 6.45. The van der Waals surface area contributed by atoms with Gasteiger partial charge in [-0.1, -0.05) is 51.7 Å². The highest BCUT2D eigenvalue weighted by atomic mass is 28.3. The fourth-order valence-corrected chi connectivity index (χ4v) is 2.75. The van der Waals surface area contributed by atoms with Gasteiger partial charge in [-0.05, 0) is 23.1 Å². The summed E-state index contributed by atoms with van der Waals surface area (Å²) in [6.07, 6.45) is 0. The third-order valence-electron chi connectivity index (χ3n) is 2.87. The molecule has 0 radical (unpaired) electrons. The molecule has 0 saturated carbocycles. The second-order valence-corrected chi connectivity index (χ2v) is 11.5. The normalized spacial score (nSPS) is 12.7. The molecular formula is C14H24OSi. The van der Waals surface area contributed by atoms with Crippen LogP contribution in [0.5, 0.6) is 5.75 Å². The van der Waals surface area contributed by atoms with Gasteiger partial charge in [0.1, 0.15) is 5.75 Å². The van der Waals surface area contributed by atoms with Crippen LogP contribution < -0.4 is 9.92 Å².